The van der Waals surface area contributed by atoms with Gasteiger partial charge in [-0.3, -0.25) is 19.5 Å². The minimum Gasteiger partial charge on any atom is -0.368 e. The molecule has 9 nitrogen and oxygen atoms in total. The van der Waals surface area contributed by atoms with Crippen molar-refractivity contribution in [1.29, 1.82) is 0 Å². The van der Waals surface area contributed by atoms with Crippen molar-refractivity contribution in [3.05, 3.63) is 94.2 Å². The number of aromatic nitrogens is 3. The van der Waals surface area contributed by atoms with Crippen LogP contribution in [0.3, 0.4) is 0 Å². The Kier molecular flexibility index (Phi) is 6.98. The highest BCUT2D eigenvalue weighted by Gasteiger charge is 2.28. The van der Waals surface area contributed by atoms with E-state index < -0.39 is 0 Å². The zero-order valence-electron chi connectivity index (χ0n) is 22.1. The summed E-state index contributed by atoms with van der Waals surface area (Å²) in [5, 5.41) is 3.09. The van der Waals surface area contributed by atoms with E-state index in [1.54, 1.807) is 6.20 Å². The molecule has 2 aliphatic rings. The first kappa shape index (κ1) is 25.1. The third-order valence-corrected chi connectivity index (χ3v) is 7.67. The predicted octanol–water partition coefficient (Wildman–Crippen LogP) is 2.82. The lowest BCUT2D eigenvalue weighted by molar-refractivity contribution is 0.0925. The number of hydrogen-bond acceptors (Lipinski definition) is 7. The quantitative estimate of drug-likeness (QED) is 0.385. The van der Waals surface area contributed by atoms with Gasteiger partial charge in [-0.1, -0.05) is 25.1 Å². The van der Waals surface area contributed by atoms with Crippen molar-refractivity contribution in [2.24, 2.45) is 0 Å². The van der Waals surface area contributed by atoms with Gasteiger partial charge in [0.1, 0.15) is 5.69 Å². The number of aryl methyl sites for hydroxylation is 1. The number of hydrogen-bond donors (Lipinski definition) is 2. The number of aromatic amines is 1. The zero-order valence-corrected chi connectivity index (χ0v) is 22.1. The molecule has 0 bridgehead atoms. The van der Waals surface area contributed by atoms with Gasteiger partial charge in [-0.2, -0.15) is 0 Å². The van der Waals surface area contributed by atoms with Crippen molar-refractivity contribution in [3.63, 3.8) is 0 Å². The molecule has 2 fully saturated rings. The first-order valence-corrected chi connectivity index (χ1v) is 13.6. The van der Waals surface area contributed by atoms with Crippen molar-refractivity contribution in [2.45, 2.75) is 25.9 Å². The van der Waals surface area contributed by atoms with Crippen LogP contribution in [0.4, 0.5) is 11.4 Å². The van der Waals surface area contributed by atoms with Gasteiger partial charge >= 0.3 is 0 Å². The molecule has 3 aromatic heterocycles. The van der Waals surface area contributed by atoms with E-state index in [1.165, 1.54) is 5.69 Å². The number of pyridine rings is 3. The molecule has 39 heavy (non-hydrogen) atoms. The molecule has 6 rings (SSSR count). The van der Waals surface area contributed by atoms with E-state index >= 15 is 0 Å². The molecule has 0 radical (unpaired) electrons. The van der Waals surface area contributed by atoms with Gasteiger partial charge < -0.3 is 20.1 Å². The molecule has 1 amide bonds. The van der Waals surface area contributed by atoms with Crippen LogP contribution < -0.4 is 20.7 Å². The molecule has 0 aliphatic carbocycles. The van der Waals surface area contributed by atoms with Gasteiger partial charge in [-0.15, -0.1) is 0 Å². The van der Waals surface area contributed by atoms with Gasteiger partial charge in [0.15, 0.2) is 0 Å². The maximum Gasteiger partial charge on any atom is 0.270 e. The summed E-state index contributed by atoms with van der Waals surface area (Å²) >= 11 is 0. The summed E-state index contributed by atoms with van der Waals surface area (Å²) in [7, 11) is 0. The molecule has 0 saturated carbocycles. The normalized spacial score (nSPS) is 16.3. The number of rotatable bonds is 7. The smallest absolute Gasteiger partial charge is 0.270 e. The molecule has 9 heteroatoms. The number of carbonyl (C=O) groups excluding carboxylic acids is 1. The topological polar surface area (TPSA) is 97.5 Å². The molecule has 2 aliphatic heterocycles. The largest absolute Gasteiger partial charge is 0.368 e. The Bertz CT molecular complexity index is 1510. The summed E-state index contributed by atoms with van der Waals surface area (Å²) in [6, 6.07) is 18.1. The Morgan fingerprint density at radius 1 is 0.949 bits per heavy atom. The van der Waals surface area contributed by atoms with Crippen LogP contribution in [0.5, 0.6) is 0 Å². The van der Waals surface area contributed by atoms with Crippen molar-refractivity contribution in [3.8, 4) is 0 Å². The molecule has 1 aromatic carbocycles. The number of anilines is 2. The van der Waals surface area contributed by atoms with Gasteiger partial charge in [-0.25, -0.2) is 4.98 Å². The molecule has 0 unspecified atom stereocenters. The van der Waals surface area contributed by atoms with Crippen LogP contribution in [-0.2, 0) is 13.0 Å². The molecule has 2 saturated heterocycles. The number of piperazine rings is 1. The SMILES string of the molecule is CCc1cc2ncc(CN3CCN(c4ccc(C(=O)NC5CN(c6ccccc6)C5)nc4)CC3)cc2[nH]c1=O. The fraction of sp³-hybridized carbons (Fsp3) is 0.333. The third kappa shape index (κ3) is 5.49. The number of carbonyl (C=O) groups is 1. The van der Waals surface area contributed by atoms with Crippen molar-refractivity contribution in [1.82, 2.24) is 25.2 Å². The minimum atomic E-state index is -0.125. The van der Waals surface area contributed by atoms with Crippen LogP contribution in [0.1, 0.15) is 28.5 Å². The molecule has 0 spiro atoms. The van der Waals surface area contributed by atoms with Gasteiger partial charge in [-0.05, 0) is 48.4 Å². The monoisotopic (exact) mass is 523 g/mol. The standard InChI is InChI=1S/C30H33N7O2/c1-2-22-15-27-28(34-29(22)38)14-21(16-31-27)18-35-10-12-36(13-11-35)25-8-9-26(32-17-25)30(39)33-23-19-37(20-23)24-6-4-3-5-7-24/h3-9,14-17,23H,2,10-13,18-20H2,1H3,(H,33,39)(H,34,38). The van der Waals surface area contributed by atoms with Crippen molar-refractivity contribution in [2.75, 3.05) is 49.1 Å². The first-order valence-electron chi connectivity index (χ1n) is 13.6. The van der Waals surface area contributed by atoms with E-state index in [0.717, 1.165) is 73.7 Å². The molecule has 5 heterocycles. The average Bonchev–Trinajstić information content (AvgIpc) is 2.95. The molecular weight excluding hydrogens is 490 g/mol. The minimum absolute atomic E-state index is 0.0348. The van der Waals surface area contributed by atoms with Crippen LogP contribution >= 0.6 is 0 Å². The number of benzene rings is 1. The Hall–Kier alpha value is -4.24. The van der Waals surface area contributed by atoms with Crippen LogP contribution in [0.15, 0.2) is 71.8 Å². The Morgan fingerprint density at radius 3 is 2.46 bits per heavy atom. The number of nitrogens with zero attached hydrogens (tertiary/aromatic N) is 5. The van der Waals surface area contributed by atoms with E-state index in [2.05, 4.69) is 47.1 Å². The number of amides is 1. The second-order valence-corrected chi connectivity index (χ2v) is 10.3. The van der Waals surface area contributed by atoms with Crippen molar-refractivity contribution >= 4 is 28.3 Å². The Balaban J connectivity index is 0.991. The van der Waals surface area contributed by atoms with E-state index in [-0.39, 0.29) is 17.5 Å². The van der Waals surface area contributed by atoms with Crippen molar-refractivity contribution < 1.29 is 4.79 Å². The molecule has 2 N–H and O–H groups in total. The first-order chi connectivity index (χ1) is 19.1. The summed E-state index contributed by atoms with van der Waals surface area (Å²) in [5.74, 6) is -0.125. The number of H-pyrrole nitrogens is 1. The number of nitrogens with one attached hydrogen (secondary N) is 2. The third-order valence-electron chi connectivity index (χ3n) is 7.67. The lowest BCUT2D eigenvalue weighted by Gasteiger charge is -2.41. The van der Waals surface area contributed by atoms with Gasteiger partial charge in [0.2, 0.25) is 0 Å². The Labute approximate surface area is 227 Å². The second-order valence-electron chi connectivity index (χ2n) is 10.3. The zero-order chi connectivity index (χ0) is 26.8. The molecule has 4 aromatic rings. The number of fused-ring (bicyclic) bond motifs is 1. The summed E-state index contributed by atoms with van der Waals surface area (Å²) in [4.78, 5) is 43.8. The van der Waals surface area contributed by atoms with Crippen LogP contribution in [0, 0.1) is 0 Å². The van der Waals surface area contributed by atoms with Gasteiger partial charge in [0.05, 0.1) is 29.0 Å². The maximum absolute atomic E-state index is 12.7. The fourth-order valence-corrected chi connectivity index (χ4v) is 5.32. The van der Waals surface area contributed by atoms with Crippen LogP contribution in [0.25, 0.3) is 11.0 Å². The molecule has 200 valence electrons. The van der Waals surface area contributed by atoms with E-state index in [0.29, 0.717) is 12.1 Å². The lowest BCUT2D eigenvalue weighted by atomic mass is 10.1. The van der Waals surface area contributed by atoms with Gasteiger partial charge in [0, 0.05) is 63.3 Å². The van der Waals surface area contributed by atoms with E-state index in [9.17, 15) is 9.59 Å². The molecule has 0 atom stereocenters. The van der Waals surface area contributed by atoms with Crippen LogP contribution in [-0.4, -0.2) is 71.1 Å². The van der Waals surface area contributed by atoms with Crippen LogP contribution in [0.2, 0.25) is 0 Å². The highest BCUT2D eigenvalue weighted by Crippen LogP contribution is 2.21. The van der Waals surface area contributed by atoms with E-state index in [4.69, 9.17) is 0 Å². The summed E-state index contributed by atoms with van der Waals surface area (Å²) in [6.07, 6.45) is 4.40. The van der Waals surface area contributed by atoms with Gasteiger partial charge in [0.25, 0.3) is 11.5 Å². The highest BCUT2D eigenvalue weighted by atomic mass is 16.2. The average molecular weight is 524 g/mol. The fourth-order valence-electron chi connectivity index (χ4n) is 5.32. The predicted molar refractivity (Wildman–Crippen MR) is 153 cm³/mol. The summed E-state index contributed by atoms with van der Waals surface area (Å²) in [6.45, 7) is 7.95. The van der Waals surface area contributed by atoms with E-state index in [1.807, 2.05) is 55.6 Å². The Morgan fingerprint density at radius 2 is 1.74 bits per heavy atom. The number of para-hydroxylation sites is 1. The lowest BCUT2D eigenvalue weighted by Crippen LogP contribution is -2.59. The highest BCUT2D eigenvalue weighted by molar-refractivity contribution is 5.93. The summed E-state index contributed by atoms with van der Waals surface area (Å²) in [5.41, 5.74) is 6.08. The summed E-state index contributed by atoms with van der Waals surface area (Å²) < 4.78 is 0. The molecular formula is C30H33N7O2. The second kappa shape index (κ2) is 10.9. The maximum atomic E-state index is 12.7.